The lowest BCUT2D eigenvalue weighted by Gasteiger charge is -2.26. The van der Waals surface area contributed by atoms with Gasteiger partial charge in [-0.25, -0.2) is 8.78 Å². The first-order valence-corrected chi connectivity index (χ1v) is 8.59. The van der Waals surface area contributed by atoms with Gasteiger partial charge in [0.15, 0.2) is 0 Å². The molecule has 0 aromatic heterocycles. The van der Waals surface area contributed by atoms with Gasteiger partial charge in [0.05, 0.1) is 0 Å². The third-order valence-corrected chi connectivity index (χ3v) is 4.99. The van der Waals surface area contributed by atoms with E-state index in [1.807, 2.05) is 0 Å². The molecule has 0 saturated heterocycles. The summed E-state index contributed by atoms with van der Waals surface area (Å²) in [6.45, 7) is 2.36. The standard InChI is InChI=1S/C19H28F2/c1-15-11-13-16(14-12-15)7-4-2-3-5-8-17-18(20)9-6-10-19(17)21/h6,9-10,15-16H,2-5,7-8,11-14H2,1H3. The van der Waals surface area contributed by atoms with Crippen LogP contribution in [0.15, 0.2) is 18.2 Å². The molecule has 2 heteroatoms. The van der Waals surface area contributed by atoms with Gasteiger partial charge in [0.25, 0.3) is 0 Å². The van der Waals surface area contributed by atoms with Gasteiger partial charge in [0.1, 0.15) is 11.6 Å². The highest BCUT2D eigenvalue weighted by Gasteiger charge is 2.17. The lowest BCUT2D eigenvalue weighted by Crippen LogP contribution is -2.12. The van der Waals surface area contributed by atoms with Crippen molar-refractivity contribution in [2.75, 3.05) is 0 Å². The van der Waals surface area contributed by atoms with Gasteiger partial charge in [-0.2, -0.15) is 0 Å². The van der Waals surface area contributed by atoms with Crippen molar-refractivity contribution in [3.63, 3.8) is 0 Å². The molecule has 0 amide bonds. The maximum absolute atomic E-state index is 13.5. The van der Waals surface area contributed by atoms with E-state index in [4.69, 9.17) is 0 Å². The van der Waals surface area contributed by atoms with Gasteiger partial charge in [-0.3, -0.25) is 0 Å². The minimum Gasteiger partial charge on any atom is -0.207 e. The first-order chi connectivity index (χ1) is 10.2. The number of hydrogen-bond donors (Lipinski definition) is 0. The molecular weight excluding hydrogens is 266 g/mol. The number of benzene rings is 1. The Morgan fingerprint density at radius 2 is 1.52 bits per heavy atom. The molecular formula is C19H28F2. The zero-order valence-corrected chi connectivity index (χ0v) is 13.2. The summed E-state index contributed by atoms with van der Waals surface area (Å²) in [5, 5.41) is 0. The Balaban J connectivity index is 1.56. The Kier molecular flexibility index (Phi) is 6.66. The molecule has 1 saturated carbocycles. The maximum atomic E-state index is 13.5. The molecule has 21 heavy (non-hydrogen) atoms. The summed E-state index contributed by atoms with van der Waals surface area (Å²) < 4.78 is 26.9. The van der Waals surface area contributed by atoms with Crippen LogP contribution in [0.25, 0.3) is 0 Å². The Bertz CT molecular complexity index is 399. The molecule has 0 aliphatic heterocycles. The Labute approximate surface area is 128 Å². The summed E-state index contributed by atoms with van der Waals surface area (Å²) >= 11 is 0. The van der Waals surface area contributed by atoms with Gasteiger partial charge in [-0.1, -0.05) is 64.4 Å². The maximum Gasteiger partial charge on any atom is 0.129 e. The van der Waals surface area contributed by atoms with Crippen LogP contribution in [0.3, 0.4) is 0 Å². The van der Waals surface area contributed by atoms with Gasteiger partial charge in [0.2, 0.25) is 0 Å². The van der Waals surface area contributed by atoms with Crippen LogP contribution in [0.5, 0.6) is 0 Å². The Morgan fingerprint density at radius 1 is 0.905 bits per heavy atom. The number of hydrogen-bond acceptors (Lipinski definition) is 0. The van der Waals surface area contributed by atoms with Gasteiger partial charge >= 0.3 is 0 Å². The zero-order chi connectivity index (χ0) is 15.1. The van der Waals surface area contributed by atoms with Gasteiger partial charge < -0.3 is 0 Å². The zero-order valence-electron chi connectivity index (χ0n) is 13.2. The number of rotatable bonds is 7. The minimum absolute atomic E-state index is 0.263. The lowest BCUT2D eigenvalue weighted by atomic mass is 9.80. The van der Waals surface area contributed by atoms with Crippen LogP contribution >= 0.6 is 0 Å². The fourth-order valence-electron chi connectivity index (χ4n) is 3.48. The monoisotopic (exact) mass is 294 g/mol. The van der Waals surface area contributed by atoms with E-state index in [0.29, 0.717) is 6.42 Å². The lowest BCUT2D eigenvalue weighted by molar-refractivity contribution is 0.271. The highest BCUT2D eigenvalue weighted by Crippen LogP contribution is 2.31. The van der Waals surface area contributed by atoms with Gasteiger partial charge in [-0.15, -0.1) is 0 Å². The van der Waals surface area contributed by atoms with E-state index in [0.717, 1.165) is 24.7 Å². The van der Waals surface area contributed by atoms with Crippen LogP contribution in [-0.2, 0) is 6.42 Å². The molecule has 0 nitrogen and oxygen atoms in total. The molecule has 1 fully saturated rings. The average Bonchev–Trinajstić information content (AvgIpc) is 2.47. The van der Waals surface area contributed by atoms with E-state index in [-0.39, 0.29) is 5.56 Å². The average molecular weight is 294 g/mol. The SMILES string of the molecule is CC1CCC(CCCCCCc2c(F)cccc2F)CC1. The summed E-state index contributed by atoms with van der Waals surface area (Å²) in [6, 6.07) is 4.13. The van der Waals surface area contributed by atoms with E-state index < -0.39 is 11.6 Å². The fourth-order valence-corrected chi connectivity index (χ4v) is 3.48. The summed E-state index contributed by atoms with van der Waals surface area (Å²) in [4.78, 5) is 0. The Hall–Kier alpha value is -0.920. The van der Waals surface area contributed by atoms with Crippen molar-refractivity contribution < 1.29 is 8.78 Å². The van der Waals surface area contributed by atoms with Crippen molar-refractivity contribution in [2.24, 2.45) is 11.8 Å². The normalized spacial score (nSPS) is 22.4. The first kappa shape index (κ1) is 16.5. The van der Waals surface area contributed by atoms with Crippen molar-refractivity contribution in [3.05, 3.63) is 35.4 Å². The summed E-state index contributed by atoms with van der Waals surface area (Å²) in [5.74, 6) is 1.07. The van der Waals surface area contributed by atoms with Gasteiger partial charge in [0, 0.05) is 5.56 Å². The molecule has 118 valence electrons. The molecule has 1 aromatic rings. The van der Waals surface area contributed by atoms with Crippen molar-refractivity contribution in [3.8, 4) is 0 Å². The van der Waals surface area contributed by atoms with Crippen LogP contribution in [-0.4, -0.2) is 0 Å². The van der Waals surface area contributed by atoms with Crippen LogP contribution < -0.4 is 0 Å². The van der Waals surface area contributed by atoms with Crippen molar-refractivity contribution >= 4 is 0 Å². The first-order valence-electron chi connectivity index (χ1n) is 8.59. The molecule has 2 rings (SSSR count). The molecule has 0 spiro atoms. The van der Waals surface area contributed by atoms with Crippen molar-refractivity contribution in [1.29, 1.82) is 0 Å². The van der Waals surface area contributed by atoms with Crippen LogP contribution in [0.4, 0.5) is 8.78 Å². The van der Waals surface area contributed by atoms with E-state index in [1.165, 1.54) is 63.1 Å². The molecule has 1 aliphatic carbocycles. The molecule has 0 radical (unpaired) electrons. The molecule has 0 N–H and O–H groups in total. The van der Waals surface area contributed by atoms with Gasteiger partial charge in [-0.05, 0) is 36.8 Å². The fraction of sp³-hybridized carbons (Fsp3) is 0.684. The van der Waals surface area contributed by atoms with Crippen molar-refractivity contribution in [2.45, 2.75) is 71.1 Å². The van der Waals surface area contributed by atoms with Crippen LogP contribution in [0.2, 0.25) is 0 Å². The Morgan fingerprint density at radius 3 is 2.19 bits per heavy atom. The molecule has 0 bridgehead atoms. The van der Waals surface area contributed by atoms with Crippen LogP contribution in [0, 0.1) is 23.5 Å². The van der Waals surface area contributed by atoms with E-state index in [2.05, 4.69) is 6.92 Å². The second-order valence-corrected chi connectivity index (χ2v) is 6.78. The smallest absolute Gasteiger partial charge is 0.129 e. The molecule has 0 atom stereocenters. The second kappa shape index (κ2) is 8.51. The summed E-state index contributed by atoms with van der Waals surface area (Å²) in [6.07, 6.45) is 11.9. The minimum atomic E-state index is -0.397. The third kappa shape index (κ3) is 5.41. The molecule has 1 aliphatic rings. The van der Waals surface area contributed by atoms with E-state index in [9.17, 15) is 8.78 Å². The van der Waals surface area contributed by atoms with Crippen LogP contribution in [0.1, 0.15) is 70.3 Å². The molecule has 0 heterocycles. The quantitative estimate of drug-likeness (QED) is 0.519. The molecule has 1 aromatic carbocycles. The predicted octanol–water partition coefficient (Wildman–Crippen LogP) is 6.28. The van der Waals surface area contributed by atoms with E-state index >= 15 is 0 Å². The van der Waals surface area contributed by atoms with Crippen molar-refractivity contribution in [1.82, 2.24) is 0 Å². The predicted molar refractivity (Wildman–Crippen MR) is 84.3 cm³/mol. The second-order valence-electron chi connectivity index (χ2n) is 6.78. The summed E-state index contributed by atoms with van der Waals surface area (Å²) in [5.41, 5.74) is 0.263. The highest BCUT2D eigenvalue weighted by molar-refractivity contribution is 5.19. The number of halogens is 2. The number of unbranched alkanes of at least 4 members (excludes halogenated alkanes) is 3. The largest absolute Gasteiger partial charge is 0.207 e. The molecule has 0 unspecified atom stereocenters. The third-order valence-electron chi connectivity index (χ3n) is 4.99. The highest BCUT2D eigenvalue weighted by atomic mass is 19.1. The topological polar surface area (TPSA) is 0 Å². The van der Waals surface area contributed by atoms with E-state index in [1.54, 1.807) is 0 Å². The summed E-state index contributed by atoms with van der Waals surface area (Å²) in [7, 11) is 0.